The maximum absolute atomic E-state index is 9.54. The fourth-order valence-electron chi connectivity index (χ4n) is 3.40. The van der Waals surface area contributed by atoms with Gasteiger partial charge in [0.1, 0.15) is 5.75 Å². The average Bonchev–Trinajstić information content (AvgIpc) is 2.62. The normalized spacial score (nSPS) is 12.2. The molecule has 1 nitrogen and oxygen atoms in total. The van der Waals surface area contributed by atoms with E-state index in [4.69, 9.17) is 0 Å². The highest BCUT2D eigenvalue weighted by atomic mass is 16.3. The van der Waals surface area contributed by atoms with Crippen molar-refractivity contribution in [2.45, 2.75) is 70.6 Å². The summed E-state index contributed by atoms with van der Waals surface area (Å²) < 4.78 is 0. The molecule has 0 aliphatic carbocycles. The first-order valence-electron chi connectivity index (χ1n) is 9.65. The molecule has 24 heavy (non-hydrogen) atoms. The minimum atomic E-state index is 0.345. The highest BCUT2D eigenvalue weighted by Gasteiger charge is 2.13. The Morgan fingerprint density at radius 1 is 0.667 bits per heavy atom. The van der Waals surface area contributed by atoms with E-state index in [1.807, 2.05) is 0 Å². The van der Waals surface area contributed by atoms with Crippen LogP contribution in [0, 0.1) is 0 Å². The van der Waals surface area contributed by atoms with Gasteiger partial charge in [0, 0.05) is 5.92 Å². The second-order valence-electron chi connectivity index (χ2n) is 6.82. The molecule has 0 saturated heterocycles. The summed E-state index contributed by atoms with van der Waals surface area (Å²) in [5, 5.41) is 9.54. The van der Waals surface area contributed by atoms with Crippen molar-refractivity contribution < 1.29 is 5.11 Å². The van der Waals surface area contributed by atoms with Crippen LogP contribution in [0.5, 0.6) is 5.75 Å². The Kier molecular flexibility index (Phi) is 8.45. The van der Waals surface area contributed by atoms with E-state index >= 15 is 0 Å². The molecule has 0 heterocycles. The van der Waals surface area contributed by atoms with E-state index in [2.05, 4.69) is 49.4 Å². The van der Waals surface area contributed by atoms with Crippen molar-refractivity contribution in [2.75, 3.05) is 0 Å². The van der Waals surface area contributed by atoms with Crippen molar-refractivity contribution >= 4 is 0 Å². The van der Waals surface area contributed by atoms with Gasteiger partial charge in [0.25, 0.3) is 0 Å². The Hall–Kier alpha value is -1.76. The van der Waals surface area contributed by atoms with Crippen LogP contribution >= 0.6 is 0 Å². The van der Waals surface area contributed by atoms with Gasteiger partial charge in [-0.15, -0.1) is 0 Å². The predicted octanol–water partition coefficient (Wildman–Crippen LogP) is 7.05. The van der Waals surface area contributed by atoms with E-state index in [-0.39, 0.29) is 0 Å². The van der Waals surface area contributed by atoms with Crippen LogP contribution in [0.25, 0.3) is 0 Å². The van der Waals surface area contributed by atoms with Crippen LogP contribution in [0.15, 0.2) is 54.6 Å². The number of rotatable bonds is 11. The minimum Gasteiger partial charge on any atom is -0.508 e. The third kappa shape index (κ3) is 6.39. The number of phenolic OH excluding ortho intramolecular Hbond substituents is 1. The zero-order valence-corrected chi connectivity index (χ0v) is 15.1. The van der Waals surface area contributed by atoms with Gasteiger partial charge < -0.3 is 5.11 Å². The van der Waals surface area contributed by atoms with Gasteiger partial charge in [-0.1, -0.05) is 101 Å². The molecule has 130 valence electrons. The first-order valence-corrected chi connectivity index (χ1v) is 9.65. The monoisotopic (exact) mass is 324 g/mol. The van der Waals surface area contributed by atoms with Crippen molar-refractivity contribution in [1.29, 1.82) is 0 Å². The van der Waals surface area contributed by atoms with Gasteiger partial charge in [-0.25, -0.2) is 0 Å². The molecular weight excluding hydrogens is 292 g/mol. The molecule has 0 spiro atoms. The molecule has 1 heteroatoms. The Balaban J connectivity index is 1.85. The molecule has 0 radical (unpaired) electrons. The van der Waals surface area contributed by atoms with Gasteiger partial charge >= 0.3 is 0 Å². The quantitative estimate of drug-likeness (QED) is 0.439. The number of benzene rings is 2. The lowest BCUT2D eigenvalue weighted by atomic mass is 9.86. The summed E-state index contributed by atoms with van der Waals surface area (Å²) >= 11 is 0. The number of aromatic hydroxyl groups is 1. The van der Waals surface area contributed by atoms with Gasteiger partial charge in [0.15, 0.2) is 0 Å². The Labute approximate surface area is 147 Å². The fourth-order valence-corrected chi connectivity index (χ4v) is 3.40. The first kappa shape index (κ1) is 18.6. The molecule has 0 saturated carbocycles. The lowest BCUT2D eigenvalue weighted by molar-refractivity contribution is 0.474. The molecule has 0 aromatic heterocycles. The smallest absolute Gasteiger partial charge is 0.115 e. The molecule has 2 aromatic rings. The van der Waals surface area contributed by atoms with Gasteiger partial charge in [-0.2, -0.15) is 0 Å². The largest absolute Gasteiger partial charge is 0.508 e. The van der Waals surface area contributed by atoms with Crippen LogP contribution < -0.4 is 0 Å². The number of hydrogen-bond acceptors (Lipinski definition) is 1. The Morgan fingerprint density at radius 2 is 1.21 bits per heavy atom. The molecule has 2 rings (SSSR count). The second kappa shape index (κ2) is 10.9. The summed E-state index contributed by atoms with van der Waals surface area (Å²) in [6.45, 7) is 2.27. The van der Waals surface area contributed by atoms with Crippen molar-refractivity contribution in [2.24, 2.45) is 0 Å². The van der Waals surface area contributed by atoms with Gasteiger partial charge in [-0.3, -0.25) is 0 Å². The number of unbranched alkanes of at least 4 members (excludes halogenated alkanes) is 7. The van der Waals surface area contributed by atoms with Crippen LogP contribution in [0.2, 0.25) is 0 Å². The molecule has 2 aromatic carbocycles. The lowest BCUT2D eigenvalue weighted by Crippen LogP contribution is -2.01. The van der Waals surface area contributed by atoms with Crippen molar-refractivity contribution in [3.8, 4) is 5.75 Å². The van der Waals surface area contributed by atoms with Gasteiger partial charge in [0.05, 0.1) is 0 Å². The maximum Gasteiger partial charge on any atom is 0.115 e. The van der Waals surface area contributed by atoms with E-state index < -0.39 is 0 Å². The maximum atomic E-state index is 9.54. The third-order valence-corrected chi connectivity index (χ3v) is 4.84. The van der Waals surface area contributed by atoms with E-state index in [1.54, 1.807) is 12.1 Å². The van der Waals surface area contributed by atoms with Crippen LogP contribution in [0.4, 0.5) is 0 Å². The molecule has 1 atom stereocenters. The summed E-state index contributed by atoms with van der Waals surface area (Å²) in [5.74, 6) is 0.782. The Bertz CT molecular complexity index is 544. The summed E-state index contributed by atoms with van der Waals surface area (Å²) in [6.07, 6.45) is 12.0. The topological polar surface area (TPSA) is 20.2 Å². The first-order chi connectivity index (χ1) is 11.8. The lowest BCUT2D eigenvalue weighted by Gasteiger charge is -2.18. The van der Waals surface area contributed by atoms with Gasteiger partial charge in [0.2, 0.25) is 0 Å². The number of hydrogen-bond donors (Lipinski definition) is 1. The summed E-state index contributed by atoms with van der Waals surface area (Å²) in [6, 6.07) is 18.5. The van der Waals surface area contributed by atoms with E-state index in [9.17, 15) is 5.11 Å². The molecule has 1 N–H and O–H groups in total. The second-order valence-corrected chi connectivity index (χ2v) is 6.82. The summed E-state index contributed by atoms with van der Waals surface area (Å²) in [5.41, 5.74) is 2.69. The molecule has 0 bridgehead atoms. The van der Waals surface area contributed by atoms with E-state index in [0.29, 0.717) is 11.7 Å². The standard InChI is InChI=1S/C23H32O/c1-2-3-4-5-6-7-8-12-15-23(20-13-10-9-11-14-20)21-16-18-22(24)19-17-21/h9-11,13-14,16-19,23-24H,2-8,12,15H2,1H3. The molecule has 0 aliphatic heterocycles. The summed E-state index contributed by atoms with van der Waals surface area (Å²) in [7, 11) is 0. The zero-order chi connectivity index (χ0) is 17.0. The van der Waals surface area contributed by atoms with Crippen LogP contribution in [-0.4, -0.2) is 5.11 Å². The fraction of sp³-hybridized carbons (Fsp3) is 0.478. The number of phenols is 1. The van der Waals surface area contributed by atoms with Gasteiger partial charge in [-0.05, 0) is 29.7 Å². The van der Waals surface area contributed by atoms with Crippen molar-refractivity contribution in [1.82, 2.24) is 0 Å². The molecule has 0 fully saturated rings. The summed E-state index contributed by atoms with van der Waals surface area (Å²) in [4.78, 5) is 0. The van der Waals surface area contributed by atoms with E-state index in [1.165, 1.54) is 68.9 Å². The Morgan fingerprint density at radius 3 is 1.83 bits per heavy atom. The van der Waals surface area contributed by atoms with Crippen LogP contribution in [-0.2, 0) is 0 Å². The van der Waals surface area contributed by atoms with Crippen molar-refractivity contribution in [3.05, 3.63) is 65.7 Å². The molecule has 0 aliphatic rings. The van der Waals surface area contributed by atoms with E-state index in [0.717, 1.165) is 0 Å². The highest BCUT2D eigenvalue weighted by Crippen LogP contribution is 2.31. The minimum absolute atomic E-state index is 0.345. The molecule has 1 unspecified atom stereocenters. The average molecular weight is 325 g/mol. The van der Waals surface area contributed by atoms with Crippen molar-refractivity contribution in [3.63, 3.8) is 0 Å². The predicted molar refractivity (Wildman–Crippen MR) is 104 cm³/mol. The zero-order valence-electron chi connectivity index (χ0n) is 15.1. The SMILES string of the molecule is CCCCCCCCCCC(c1ccccc1)c1ccc(O)cc1. The third-order valence-electron chi connectivity index (χ3n) is 4.84. The molecule has 0 amide bonds. The highest BCUT2D eigenvalue weighted by molar-refractivity contribution is 5.35. The molecular formula is C23H32O. The van der Waals surface area contributed by atoms with Crippen LogP contribution in [0.1, 0.15) is 81.8 Å². The van der Waals surface area contributed by atoms with Crippen LogP contribution in [0.3, 0.4) is 0 Å².